The van der Waals surface area contributed by atoms with Gasteiger partial charge >= 0.3 is 6.03 Å². The van der Waals surface area contributed by atoms with Gasteiger partial charge in [-0.25, -0.2) is 17.9 Å². The van der Waals surface area contributed by atoms with Crippen molar-refractivity contribution in [2.45, 2.75) is 11.4 Å². The average Bonchev–Trinajstić information content (AvgIpc) is 2.73. The van der Waals surface area contributed by atoms with E-state index < -0.39 is 16.1 Å². The van der Waals surface area contributed by atoms with Crippen LogP contribution in [0.3, 0.4) is 0 Å². The van der Waals surface area contributed by atoms with Gasteiger partial charge in [0, 0.05) is 6.20 Å². The number of aromatic nitrogens is 1. The minimum atomic E-state index is -3.77. The van der Waals surface area contributed by atoms with Gasteiger partial charge in [-0.05, 0) is 48.5 Å². The highest BCUT2D eigenvalue weighted by molar-refractivity contribution is 7.89. The summed E-state index contributed by atoms with van der Waals surface area (Å²) in [6.07, 6.45) is 1.58. The molecule has 0 aliphatic carbocycles. The predicted molar refractivity (Wildman–Crippen MR) is 107 cm³/mol. The van der Waals surface area contributed by atoms with Crippen LogP contribution in [0.4, 0.5) is 21.9 Å². The summed E-state index contributed by atoms with van der Waals surface area (Å²) < 4.78 is 27.5. The number of urea groups is 1. The summed E-state index contributed by atoms with van der Waals surface area (Å²) in [5, 5.41) is 14.8. The van der Waals surface area contributed by atoms with E-state index in [9.17, 15) is 18.4 Å². The first kappa shape index (κ1) is 18.9. The Kier molecular flexibility index (Phi) is 4.89. The van der Waals surface area contributed by atoms with Crippen molar-refractivity contribution in [3.63, 3.8) is 0 Å². The second kappa shape index (κ2) is 7.51. The monoisotopic (exact) mass is 411 g/mol. The first-order valence-corrected chi connectivity index (χ1v) is 10.1. The quantitative estimate of drug-likeness (QED) is 0.595. The Morgan fingerprint density at radius 1 is 1.00 bits per heavy atom. The number of hydrogen-bond donors (Lipinski definition) is 3. The zero-order valence-corrected chi connectivity index (χ0v) is 15.9. The van der Waals surface area contributed by atoms with E-state index >= 15 is 0 Å². The van der Waals surface area contributed by atoms with Gasteiger partial charge < -0.3 is 5.32 Å². The lowest BCUT2D eigenvalue weighted by molar-refractivity contribution is 0.221. The Morgan fingerprint density at radius 3 is 2.45 bits per heavy atom. The maximum atomic E-state index is 12.5. The fraction of sp³-hybridized carbons (Fsp3) is 0.0526. The first-order chi connectivity index (χ1) is 14.0. The molecule has 0 unspecified atom stereocenters. The number of nitrogens with zero attached hydrogens (tertiary/aromatic N) is 3. The van der Waals surface area contributed by atoms with Crippen molar-refractivity contribution in [2.75, 3.05) is 15.5 Å². The van der Waals surface area contributed by atoms with Crippen molar-refractivity contribution >= 4 is 33.1 Å². The number of anilines is 3. The number of nitrogens with one attached hydrogen (secondary N) is 2. The van der Waals surface area contributed by atoms with Gasteiger partial charge in [0.25, 0.3) is 0 Å². The van der Waals surface area contributed by atoms with Crippen LogP contribution in [-0.4, -0.2) is 24.6 Å². The Hall–Kier alpha value is -3.47. The molecule has 29 heavy (non-hydrogen) atoms. The SMILES string of the molecule is O=C1Nc2ccccc2N(O)N1c1ccc(S(=O)(=O)NCc2ccccn2)cc1. The fourth-order valence-electron chi connectivity index (χ4n) is 2.86. The number of rotatable bonds is 5. The zero-order chi connectivity index (χ0) is 20.4. The summed E-state index contributed by atoms with van der Waals surface area (Å²) >= 11 is 0. The molecule has 9 nitrogen and oxygen atoms in total. The minimum Gasteiger partial charge on any atom is -0.304 e. The number of carbonyl (C=O) groups is 1. The second-order valence-electron chi connectivity index (χ2n) is 6.19. The Balaban J connectivity index is 1.54. The lowest BCUT2D eigenvalue weighted by Crippen LogP contribution is -2.50. The van der Waals surface area contributed by atoms with E-state index in [0.29, 0.717) is 22.8 Å². The third-order valence-electron chi connectivity index (χ3n) is 4.30. The summed E-state index contributed by atoms with van der Waals surface area (Å²) in [5.74, 6) is 0. The molecule has 2 aromatic carbocycles. The van der Waals surface area contributed by atoms with Crippen molar-refractivity contribution in [1.29, 1.82) is 0 Å². The molecule has 3 N–H and O–H groups in total. The number of hydrazine groups is 1. The highest BCUT2D eigenvalue weighted by Gasteiger charge is 2.30. The molecule has 1 aliphatic rings. The van der Waals surface area contributed by atoms with Gasteiger partial charge in [0.05, 0.1) is 28.5 Å². The molecule has 0 saturated carbocycles. The summed E-state index contributed by atoms with van der Waals surface area (Å²) in [6.45, 7) is 0.0562. The Bertz CT molecular complexity index is 1140. The maximum Gasteiger partial charge on any atom is 0.347 e. The van der Waals surface area contributed by atoms with E-state index in [4.69, 9.17) is 0 Å². The molecule has 0 radical (unpaired) electrons. The molecule has 0 bridgehead atoms. The molecule has 3 aromatic rings. The van der Waals surface area contributed by atoms with Crippen LogP contribution in [0.5, 0.6) is 0 Å². The van der Waals surface area contributed by atoms with Gasteiger partial charge in [0.2, 0.25) is 10.0 Å². The number of hydrogen-bond acceptors (Lipinski definition) is 6. The lowest BCUT2D eigenvalue weighted by atomic mass is 10.2. The molecule has 0 saturated heterocycles. The van der Waals surface area contributed by atoms with Crippen LogP contribution in [0, 0.1) is 0 Å². The smallest absolute Gasteiger partial charge is 0.304 e. The third kappa shape index (κ3) is 3.76. The maximum absolute atomic E-state index is 12.5. The molecule has 0 atom stereocenters. The number of pyridine rings is 1. The topological polar surface area (TPSA) is 115 Å². The predicted octanol–water partition coefficient (Wildman–Crippen LogP) is 2.72. The van der Waals surface area contributed by atoms with Gasteiger partial charge in [-0.1, -0.05) is 18.2 Å². The van der Waals surface area contributed by atoms with Crippen molar-refractivity contribution in [1.82, 2.24) is 9.71 Å². The molecule has 1 aromatic heterocycles. The largest absolute Gasteiger partial charge is 0.347 e. The molecule has 4 rings (SSSR count). The van der Waals surface area contributed by atoms with Crippen LogP contribution >= 0.6 is 0 Å². The van der Waals surface area contributed by atoms with Crippen molar-refractivity contribution in [3.8, 4) is 0 Å². The highest BCUT2D eigenvalue weighted by Crippen LogP contribution is 2.33. The van der Waals surface area contributed by atoms with Crippen LogP contribution in [-0.2, 0) is 16.6 Å². The van der Waals surface area contributed by atoms with Gasteiger partial charge in [-0.3, -0.25) is 10.2 Å². The standard InChI is InChI=1S/C19H17N5O4S/c25-19-22-17-6-1-2-7-18(17)24(26)23(19)15-8-10-16(11-9-15)29(27,28)21-13-14-5-3-4-12-20-14/h1-12,21,26H,13H2,(H,22,25). The summed E-state index contributed by atoms with van der Waals surface area (Å²) in [6, 6.07) is 17.0. The van der Waals surface area contributed by atoms with E-state index in [2.05, 4.69) is 15.0 Å². The van der Waals surface area contributed by atoms with Crippen LogP contribution in [0.15, 0.2) is 77.8 Å². The van der Waals surface area contributed by atoms with Crippen LogP contribution in [0.2, 0.25) is 0 Å². The molecule has 2 amide bonds. The highest BCUT2D eigenvalue weighted by atomic mass is 32.2. The van der Waals surface area contributed by atoms with E-state index in [1.807, 2.05) is 0 Å². The van der Waals surface area contributed by atoms with E-state index in [0.717, 1.165) is 10.2 Å². The molecule has 2 heterocycles. The van der Waals surface area contributed by atoms with Crippen LogP contribution in [0.1, 0.15) is 5.69 Å². The number of carbonyl (C=O) groups excluding carboxylic acids is 1. The molecule has 10 heteroatoms. The molecule has 1 aliphatic heterocycles. The Labute approximate surface area is 167 Å². The molecule has 0 spiro atoms. The fourth-order valence-corrected chi connectivity index (χ4v) is 3.86. The van der Waals surface area contributed by atoms with Crippen LogP contribution < -0.4 is 20.2 Å². The molecular weight excluding hydrogens is 394 g/mol. The van der Waals surface area contributed by atoms with Crippen molar-refractivity contribution < 1.29 is 18.4 Å². The molecule has 0 fully saturated rings. The van der Waals surface area contributed by atoms with Gasteiger partial charge in [-0.2, -0.15) is 10.2 Å². The number of para-hydroxylation sites is 2. The Morgan fingerprint density at radius 2 is 1.72 bits per heavy atom. The number of fused-ring (bicyclic) bond motifs is 1. The molecule has 148 valence electrons. The lowest BCUT2D eigenvalue weighted by Gasteiger charge is -2.36. The van der Waals surface area contributed by atoms with E-state index in [1.165, 1.54) is 24.3 Å². The van der Waals surface area contributed by atoms with Gasteiger partial charge in [0.15, 0.2) is 0 Å². The van der Waals surface area contributed by atoms with Crippen molar-refractivity contribution in [2.24, 2.45) is 0 Å². The van der Waals surface area contributed by atoms with E-state index in [-0.39, 0.29) is 11.4 Å². The summed E-state index contributed by atoms with van der Waals surface area (Å²) in [5.41, 5.74) is 1.74. The molecular formula is C19H17N5O4S. The van der Waals surface area contributed by atoms with Crippen LogP contribution in [0.25, 0.3) is 0 Å². The average molecular weight is 411 g/mol. The third-order valence-corrected chi connectivity index (χ3v) is 5.72. The summed E-state index contributed by atoms with van der Waals surface area (Å²) in [7, 11) is -3.77. The zero-order valence-electron chi connectivity index (χ0n) is 15.1. The first-order valence-electron chi connectivity index (χ1n) is 8.64. The minimum absolute atomic E-state index is 0.0273. The van der Waals surface area contributed by atoms with Crippen molar-refractivity contribution in [3.05, 3.63) is 78.6 Å². The van der Waals surface area contributed by atoms with Gasteiger partial charge in [-0.15, -0.1) is 0 Å². The second-order valence-corrected chi connectivity index (χ2v) is 7.96. The van der Waals surface area contributed by atoms with E-state index in [1.54, 1.807) is 48.7 Å². The van der Waals surface area contributed by atoms with Gasteiger partial charge in [0.1, 0.15) is 5.69 Å². The number of sulfonamides is 1. The normalized spacial score (nSPS) is 13.8. The number of benzene rings is 2. The number of amides is 2. The summed E-state index contributed by atoms with van der Waals surface area (Å²) in [4.78, 5) is 16.5.